The number of hydrogen-bond acceptors (Lipinski definition) is 5. The molecule has 0 saturated carbocycles. The van der Waals surface area contributed by atoms with Crippen molar-refractivity contribution in [2.45, 2.75) is 45.3 Å². The molecule has 3 N–H and O–H groups in total. The first-order valence-corrected chi connectivity index (χ1v) is 7.59. The van der Waals surface area contributed by atoms with Gasteiger partial charge in [-0.25, -0.2) is 9.59 Å². The lowest BCUT2D eigenvalue weighted by Crippen LogP contribution is -2.43. The monoisotopic (exact) mass is 337 g/mol. The van der Waals surface area contributed by atoms with E-state index in [9.17, 15) is 14.4 Å². The van der Waals surface area contributed by atoms with Crippen LogP contribution in [0.2, 0.25) is 0 Å². The van der Waals surface area contributed by atoms with E-state index < -0.39 is 23.7 Å². The molecule has 0 radical (unpaired) electrons. The van der Waals surface area contributed by atoms with Crippen LogP contribution in [0.1, 0.15) is 44.0 Å². The van der Waals surface area contributed by atoms with Gasteiger partial charge in [0.2, 0.25) is 0 Å². The van der Waals surface area contributed by atoms with Gasteiger partial charge in [0.25, 0.3) is 5.91 Å². The van der Waals surface area contributed by atoms with Crippen LogP contribution in [0.4, 0.5) is 4.79 Å². The predicted octanol–water partition coefficient (Wildman–Crippen LogP) is 1.57. The van der Waals surface area contributed by atoms with E-state index in [1.165, 1.54) is 6.20 Å². The van der Waals surface area contributed by atoms with Crippen LogP contribution < -0.4 is 10.6 Å². The smallest absolute Gasteiger partial charge is 0.408 e. The molecule has 0 aliphatic heterocycles. The maximum Gasteiger partial charge on any atom is 0.408 e. The second-order valence-corrected chi connectivity index (χ2v) is 6.18. The van der Waals surface area contributed by atoms with Crippen LogP contribution in [-0.4, -0.2) is 46.2 Å². The van der Waals surface area contributed by atoms with Gasteiger partial charge in [0.1, 0.15) is 11.6 Å². The molecule has 0 fully saturated rings. The van der Waals surface area contributed by atoms with Crippen LogP contribution >= 0.6 is 0 Å². The molecule has 1 heterocycles. The largest absolute Gasteiger partial charge is 0.480 e. The molecule has 0 unspecified atom stereocenters. The van der Waals surface area contributed by atoms with Gasteiger partial charge in [0.05, 0.1) is 5.56 Å². The molecule has 24 heavy (non-hydrogen) atoms. The van der Waals surface area contributed by atoms with Crippen molar-refractivity contribution in [1.82, 2.24) is 15.6 Å². The van der Waals surface area contributed by atoms with Gasteiger partial charge >= 0.3 is 12.1 Å². The number of carbonyl (C=O) groups is 3. The summed E-state index contributed by atoms with van der Waals surface area (Å²) in [5.41, 5.74) is -0.274. The van der Waals surface area contributed by atoms with Crippen molar-refractivity contribution < 1.29 is 24.2 Å². The van der Waals surface area contributed by atoms with Crippen LogP contribution in [0, 0.1) is 0 Å². The highest BCUT2D eigenvalue weighted by molar-refractivity contribution is 5.93. The van der Waals surface area contributed by atoms with E-state index in [1.807, 2.05) is 0 Å². The third-order valence-corrected chi connectivity index (χ3v) is 2.87. The summed E-state index contributed by atoms with van der Waals surface area (Å²) in [5.74, 6) is -1.44. The van der Waals surface area contributed by atoms with Crippen LogP contribution in [-0.2, 0) is 9.53 Å². The quantitative estimate of drug-likeness (QED) is 0.650. The van der Waals surface area contributed by atoms with Crippen molar-refractivity contribution in [3.63, 3.8) is 0 Å². The molecular formula is C16H23N3O5. The van der Waals surface area contributed by atoms with E-state index in [0.717, 1.165) is 0 Å². The normalized spacial score (nSPS) is 12.1. The number of carboxylic acids is 1. The maximum absolute atomic E-state index is 11.8. The molecule has 2 amide bonds. The maximum atomic E-state index is 11.8. The van der Waals surface area contributed by atoms with Crippen LogP contribution in [0.3, 0.4) is 0 Å². The van der Waals surface area contributed by atoms with E-state index in [-0.39, 0.29) is 18.9 Å². The lowest BCUT2D eigenvalue weighted by atomic mass is 10.1. The molecule has 0 saturated heterocycles. The minimum absolute atomic E-state index is 0.169. The number of alkyl carbamates (subject to hydrolysis) is 1. The highest BCUT2D eigenvalue weighted by Crippen LogP contribution is 2.07. The molecule has 8 heteroatoms. The summed E-state index contributed by atoms with van der Waals surface area (Å²) >= 11 is 0. The third-order valence-electron chi connectivity index (χ3n) is 2.87. The molecular weight excluding hydrogens is 314 g/mol. The molecule has 0 bridgehead atoms. The van der Waals surface area contributed by atoms with Gasteiger partial charge in [0.15, 0.2) is 0 Å². The van der Waals surface area contributed by atoms with Gasteiger partial charge in [-0.1, -0.05) is 0 Å². The minimum atomic E-state index is -1.15. The molecule has 0 spiro atoms. The zero-order chi connectivity index (χ0) is 18.2. The van der Waals surface area contributed by atoms with E-state index >= 15 is 0 Å². The lowest BCUT2D eigenvalue weighted by molar-refractivity contribution is -0.139. The fraction of sp³-hybridized carbons (Fsp3) is 0.500. The summed E-state index contributed by atoms with van der Waals surface area (Å²) in [5, 5.41) is 14.1. The fourth-order valence-corrected chi connectivity index (χ4v) is 1.81. The minimum Gasteiger partial charge on any atom is -0.480 e. The van der Waals surface area contributed by atoms with Crippen LogP contribution in [0.15, 0.2) is 24.5 Å². The Kier molecular flexibility index (Phi) is 7.16. The van der Waals surface area contributed by atoms with Crippen molar-refractivity contribution in [3.8, 4) is 0 Å². The number of pyridine rings is 1. The Hall–Kier alpha value is -2.64. The number of carbonyl (C=O) groups excluding carboxylic acids is 2. The van der Waals surface area contributed by atoms with Gasteiger partial charge in [-0.3, -0.25) is 9.78 Å². The highest BCUT2D eigenvalue weighted by atomic mass is 16.6. The van der Waals surface area contributed by atoms with Gasteiger partial charge in [-0.05, 0) is 45.7 Å². The van der Waals surface area contributed by atoms with Crippen molar-refractivity contribution in [1.29, 1.82) is 0 Å². The summed E-state index contributed by atoms with van der Waals surface area (Å²) < 4.78 is 5.03. The number of hydrogen-bond donors (Lipinski definition) is 3. The van der Waals surface area contributed by atoms with Crippen molar-refractivity contribution in [3.05, 3.63) is 30.1 Å². The zero-order valence-electron chi connectivity index (χ0n) is 14.0. The average molecular weight is 337 g/mol. The van der Waals surface area contributed by atoms with Gasteiger partial charge in [-0.2, -0.15) is 0 Å². The molecule has 1 atom stereocenters. The topological polar surface area (TPSA) is 118 Å². The summed E-state index contributed by atoms with van der Waals surface area (Å²) in [6, 6.07) is 2.21. The van der Waals surface area contributed by atoms with Crippen LogP contribution in [0.5, 0.6) is 0 Å². The molecule has 0 aliphatic rings. The second-order valence-electron chi connectivity index (χ2n) is 6.18. The Morgan fingerprint density at radius 3 is 2.58 bits per heavy atom. The fourth-order valence-electron chi connectivity index (χ4n) is 1.81. The molecule has 0 aliphatic carbocycles. The Labute approximate surface area is 140 Å². The lowest BCUT2D eigenvalue weighted by Gasteiger charge is -2.22. The van der Waals surface area contributed by atoms with Crippen LogP contribution in [0.25, 0.3) is 0 Å². The number of nitrogens with one attached hydrogen (secondary N) is 2. The van der Waals surface area contributed by atoms with E-state index in [0.29, 0.717) is 12.0 Å². The zero-order valence-corrected chi connectivity index (χ0v) is 14.0. The molecule has 0 aromatic carbocycles. The Bertz CT molecular complexity index is 569. The van der Waals surface area contributed by atoms with E-state index in [2.05, 4.69) is 15.6 Å². The highest BCUT2D eigenvalue weighted by Gasteiger charge is 2.23. The second kappa shape index (κ2) is 8.85. The number of amides is 2. The third kappa shape index (κ3) is 7.57. The van der Waals surface area contributed by atoms with E-state index in [4.69, 9.17) is 9.84 Å². The number of aromatic nitrogens is 1. The summed E-state index contributed by atoms with van der Waals surface area (Å²) in [7, 11) is 0. The molecule has 8 nitrogen and oxygen atoms in total. The van der Waals surface area contributed by atoms with Crippen molar-refractivity contribution in [2.75, 3.05) is 6.54 Å². The van der Waals surface area contributed by atoms with Gasteiger partial charge in [-0.15, -0.1) is 0 Å². The van der Waals surface area contributed by atoms with Crippen molar-refractivity contribution in [2.24, 2.45) is 0 Å². The van der Waals surface area contributed by atoms with Gasteiger partial charge < -0.3 is 20.5 Å². The first kappa shape index (κ1) is 19.4. The summed E-state index contributed by atoms with van der Waals surface area (Å²) in [6.45, 7) is 5.36. The Balaban J connectivity index is 2.38. The Morgan fingerprint density at radius 1 is 1.33 bits per heavy atom. The number of ether oxygens (including phenoxy) is 1. The first-order chi connectivity index (χ1) is 11.2. The SMILES string of the molecule is CC(C)(C)OC(=O)N[C@@H](CCCNC(=O)c1cccnc1)C(=O)O. The molecule has 1 aromatic rings. The summed E-state index contributed by atoms with van der Waals surface area (Å²) in [4.78, 5) is 38.5. The summed E-state index contributed by atoms with van der Waals surface area (Å²) in [6.07, 6.45) is 2.78. The van der Waals surface area contributed by atoms with Gasteiger partial charge in [0, 0.05) is 18.9 Å². The van der Waals surface area contributed by atoms with Crippen molar-refractivity contribution >= 4 is 18.0 Å². The number of nitrogens with zero attached hydrogens (tertiary/aromatic N) is 1. The molecule has 132 valence electrons. The first-order valence-electron chi connectivity index (χ1n) is 7.59. The average Bonchev–Trinajstić information content (AvgIpc) is 2.48. The standard InChI is InChI=1S/C16H23N3O5/c1-16(2,3)24-15(23)19-12(14(21)22)7-5-9-18-13(20)11-6-4-8-17-10-11/h4,6,8,10,12H,5,7,9H2,1-3H3,(H,18,20)(H,19,23)(H,21,22)/t12-/m0/s1. The van der Waals surface area contributed by atoms with E-state index in [1.54, 1.807) is 39.1 Å². The number of rotatable bonds is 7. The Morgan fingerprint density at radius 2 is 2.04 bits per heavy atom. The number of aliphatic carboxylic acids is 1. The molecule has 1 rings (SSSR count). The number of carboxylic acid groups (broad SMARTS) is 1. The molecule has 1 aromatic heterocycles. The predicted molar refractivity (Wildman–Crippen MR) is 86.6 cm³/mol.